The van der Waals surface area contributed by atoms with Crippen molar-refractivity contribution in [1.29, 1.82) is 0 Å². The van der Waals surface area contributed by atoms with Crippen molar-refractivity contribution in [1.82, 2.24) is 4.90 Å². The number of ketones is 2. The number of rotatable bonds is 6. The molecule has 0 saturated carbocycles. The van der Waals surface area contributed by atoms with E-state index in [2.05, 4.69) is 33.1 Å². The van der Waals surface area contributed by atoms with Crippen LogP contribution in [-0.2, 0) is 14.4 Å². The van der Waals surface area contributed by atoms with Crippen molar-refractivity contribution in [2.45, 2.75) is 58.3 Å². The van der Waals surface area contributed by atoms with Gasteiger partial charge in [0.05, 0.1) is 0 Å². The number of allylic oxidation sites excluding steroid dienone is 4. The molecule has 0 spiro atoms. The molecule has 0 unspecified atom stereocenters. The van der Waals surface area contributed by atoms with Crippen LogP contribution in [-0.4, -0.2) is 35.5 Å². The van der Waals surface area contributed by atoms with Gasteiger partial charge >= 0.3 is 0 Å². The summed E-state index contributed by atoms with van der Waals surface area (Å²) in [7, 11) is 0. The number of nitrogens with zero attached hydrogens (tertiary/aromatic N) is 1. The monoisotopic (exact) mass is 562 g/mol. The Kier molecular flexibility index (Phi) is 7.33. The zero-order valence-electron chi connectivity index (χ0n) is 21.2. The SMILES string of the molecule is CCN1C2=C(C(=O)CCC2)C(c2cc(Br)ccc2OCC(=O)Nc2ccccc2C)C2=C1CCCC2=O. The average molecular weight is 563 g/mol. The van der Waals surface area contributed by atoms with E-state index >= 15 is 0 Å². The van der Waals surface area contributed by atoms with Crippen LogP contribution in [0.5, 0.6) is 5.75 Å². The Hall–Kier alpha value is -3.19. The number of nitrogens with one attached hydrogen (secondary N) is 1. The third-order valence-electron chi connectivity index (χ3n) is 7.46. The minimum atomic E-state index is -0.486. The predicted octanol–water partition coefficient (Wildman–Crippen LogP) is 6.21. The largest absolute Gasteiger partial charge is 0.483 e. The molecule has 0 fully saturated rings. The van der Waals surface area contributed by atoms with Crippen LogP contribution in [0.15, 0.2) is 69.5 Å². The van der Waals surface area contributed by atoms with Gasteiger partial charge in [-0.3, -0.25) is 14.4 Å². The Bertz CT molecular complexity index is 1300. The topological polar surface area (TPSA) is 75.7 Å². The predicted molar refractivity (Wildman–Crippen MR) is 146 cm³/mol. The summed E-state index contributed by atoms with van der Waals surface area (Å²) in [5.41, 5.74) is 5.97. The van der Waals surface area contributed by atoms with Gasteiger partial charge in [-0.1, -0.05) is 34.1 Å². The lowest BCUT2D eigenvalue weighted by Gasteiger charge is -2.43. The molecule has 1 aliphatic heterocycles. The lowest BCUT2D eigenvalue weighted by atomic mass is 9.70. The van der Waals surface area contributed by atoms with Crippen molar-refractivity contribution >= 4 is 39.1 Å². The van der Waals surface area contributed by atoms with Gasteiger partial charge in [0.1, 0.15) is 5.75 Å². The zero-order valence-corrected chi connectivity index (χ0v) is 22.8. The van der Waals surface area contributed by atoms with E-state index in [9.17, 15) is 14.4 Å². The lowest BCUT2D eigenvalue weighted by Crippen LogP contribution is -2.39. The standard InChI is InChI=1S/C30H31BrN2O4/c1-3-33-22-10-6-12-24(34)29(22)28(30-23(33)11-7-13-25(30)35)20-16-19(31)14-15-26(20)37-17-27(36)32-21-9-5-4-8-18(21)2/h4-5,8-9,14-16,28H,3,6-7,10-13,17H2,1-2H3,(H,32,36). The molecule has 2 aliphatic carbocycles. The first-order valence-electron chi connectivity index (χ1n) is 13.0. The number of Topliss-reactive ketones (excluding diaryl/α,β-unsaturated/α-hetero) is 2. The molecule has 1 amide bonds. The summed E-state index contributed by atoms with van der Waals surface area (Å²) in [4.78, 5) is 41.8. The Morgan fingerprint density at radius 2 is 1.65 bits per heavy atom. The molecule has 0 saturated heterocycles. The van der Waals surface area contributed by atoms with Crippen molar-refractivity contribution in [3.8, 4) is 5.75 Å². The molecule has 2 aromatic carbocycles. The third kappa shape index (κ3) is 4.89. The molecular formula is C30H31BrN2O4. The molecule has 0 aromatic heterocycles. The summed E-state index contributed by atoms with van der Waals surface area (Å²) in [5, 5.41) is 2.90. The van der Waals surface area contributed by atoms with Crippen molar-refractivity contribution in [3.63, 3.8) is 0 Å². The molecule has 0 atom stereocenters. The Balaban J connectivity index is 1.54. The molecule has 1 N–H and O–H groups in total. The quantitative estimate of drug-likeness (QED) is 0.453. The number of amides is 1. The average Bonchev–Trinajstić information content (AvgIpc) is 2.88. The molecule has 5 rings (SSSR count). The maximum Gasteiger partial charge on any atom is 0.262 e. The Labute approximate surface area is 225 Å². The number of ether oxygens (including phenoxy) is 1. The third-order valence-corrected chi connectivity index (χ3v) is 7.96. The van der Waals surface area contributed by atoms with Gasteiger partial charge in [-0.2, -0.15) is 0 Å². The van der Waals surface area contributed by atoms with Crippen molar-refractivity contribution in [2.75, 3.05) is 18.5 Å². The van der Waals surface area contributed by atoms with E-state index in [1.165, 1.54) is 0 Å². The van der Waals surface area contributed by atoms with E-state index in [1.54, 1.807) is 0 Å². The summed E-state index contributed by atoms with van der Waals surface area (Å²) in [6.45, 7) is 4.56. The molecule has 2 aromatic rings. The molecule has 192 valence electrons. The van der Waals surface area contributed by atoms with E-state index < -0.39 is 5.92 Å². The van der Waals surface area contributed by atoms with Crippen LogP contribution in [0.2, 0.25) is 0 Å². The summed E-state index contributed by atoms with van der Waals surface area (Å²) in [5.74, 6) is -0.0594. The first-order valence-corrected chi connectivity index (χ1v) is 13.8. The fourth-order valence-corrected chi connectivity index (χ4v) is 6.21. The number of aryl methyl sites for hydroxylation is 1. The Morgan fingerprint density at radius 3 is 2.27 bits per heavy atom. The highest BCUT2D eigenvalue weighted by Crippen LogP contribution is 2.51. The number of carbonyl (C=O) groups excluding carboxylic acids is 3. The van der Waals surface area contributed by atoms with Crippen LogP contribution in [0, 0.1) is 6.92 Å². The van der Waals surface area contributed by atoms with Gasteiger partial charge in [-0.15, -0.1) is 0 Å². The summed E-state index contributed by atoms with van der Waals surface area (Å²) >= 11 is 3.58. The molecular weight excluding hydrogens is 532 g/mol. The number of hydrogen-bond acceptors (Lipinski definition) is 5. The maximum absolute atomic E-state index is 13.4. The van der Waals surface area contributed by atoms with Gasteiger partial charge in [-0.05, 0) is 69.4 Å². The minimum Gasteiger partial charge on any atom is -0.483 e. The minimum absolute atomic E-state index is 0.0952. The highest BCUT2D eigenvalue weighted by Gasteiger charge is 2.43. The molecule has 0 radical (unpaired) electrons. The zero-order chi connectivity index (χ0) is 26.1. The Morgan fingerprint density at radius 1 is 1.00 bits per heavy atom. The van der Waals surface area contributed by atoms with Gasteiger partial charge < -0.3 is 15.0 Å². The van der Waals surface area contributed by atoms with Crippen molar-refractivity contribution in [3.05, 3.63) is 80.6 Å². The van der Waals surface area contributed by atoms with Gasteiger partial charge in [0.25, 0.3) is 5.91 Å². The summed E-state index contributed by atoms with van der Waals surface area (Å²) in [6.07, 6.45) is 4.23. The second-order valence-electron chi connectivity index (χ2n) is 9.79. The van der Waals surface area contributed by atoms with E-state index in [0.29, 0.717) is 18.6 Å². The van der Waals surface area contributed by atoms with Crippen LogP contribution < -0.4 is 10.1 Å². The maximum atomic E-state index is 13.4. The van der Waals surface area contributed by atoms with Gasteiger partial charge in [0, 0.05) is 63.6 Å². The molecule has 1 heterocycles. The number of carbonyl (C=O) groups is 3. The number of anilines is 1. The van der Waals surface area contributed by atoms with E-state index in [1.807, 2.05) is 49.4 Å². The van der Waals surface area contributed by atoms with Crippen LogP contribution in [0.1, 0.15) is 62.5 Å². The van der Waals surface area contributed by atoms with E-state index in [-0.39, 0.29) is 24.1 Å². The lowest BCUT2D eigenvalue weighted by molar-refractivity contribution is -0.119. The van der Waals surface area contributed by atoms with E-state index in [4.69, 9.17) is 4.74 Å². The number of hydrogen-bond donors (Lipinski definition) is 1. The fraction of sp³-hybridized carbons (Fsp3) is 0.367. The van der Waals surface area contributed by atoms with Crippen LogP contribution >= 0.6 is 15.9 Å². The molecule has 0 bridgehead atoms. The molecule has 37 heavy (non-hydrogen) atoms. The van der Waals surface area contributed by atoms with E-state index in [0.717, 1.165) is 76.1 Å². The van der Waals surface area contributed by atoms with Crippen LogP contribution in [0.3, 0.4) is 0 Å². The second-order valence-corrected chi connectivity index (χ2v) is 10.7. The first kappa shape index (κ1) is 25.5. The van der Waals surface area contributed by atoms with Gasteiger partial charge in [-0.25, -0.2) is 0 Å². The molecule has 6 nitrogen and oxygen atoms in total. The second kappa shape index (κ2) is 10.7. The first-order chi connectivity index (χ1) is 17.9. The summed E-state index contributed by atoms with van der Waals surface area (Å²) < 4.78 is 6.91. The smallest absolute Gasteiger partial charge is 0.262 e. The number of para-hydroxylation sites is 1. The number of halogens is 1. The normalized spacial score (nSPS) is 18.1. The van der Waals surface area contributed by atoms with Gasteiger partial charge in [0.15, 0.2) is 18.2 Å². The fourth-order valence-electron chi connectivity index (χ4n) is 5.83. The molecule has 7 heteroatoms. The molecule has 3 aliphatic rings. The van der Waals surface area contributed by atoms with Crippen LogP contribution in [0.4, 0.5) is 5.69 Å². The highest BCUT2D eigenvalue weighted by molar-refractivity contribution is 9.10. The number of benzene rings is 2. The highest BCUT2D eigenvalue weighted by atomic mass is 79.9. The van der Waals surface area contributed by atoms with Crippen LogP contribution in [0.25, 0.3) is 0 Å². The summed E-state index contributed by atoms with van der Waals surface area (Å²) in [6, 6.07) is 13.2. The van der Waals surface area contributed by atoms with Gasteiger partial charge in [0.2, 0.25) is 0 Å². The van der Waals surface area contributed by atoms with Crippen molar-refractivity contribution in [2.24, 2.45) is 0 Å². The van der Waals surface area contributed by atoms with Crippen molar-refractivity contribution < 1.29 is 19.1 Å².